The van der Waals surface area contributed by atoms with E-state index in [-0.39, 0.29) is 35.4 Å². The van der Waals surface area contributed by atoms with E-state index in [0.717, 1.165) is 6.42 Å². The van der Waals surface area contributed by atoms with Gasteiger partial charge in [-0.1, -0.05) is 29.8 Å². The number of ether oxygens (including phenoxy) is 1. The summed E-state index contributed by atoms with van der Waals surface area (Å²) in [5.41, 5.74) is 1.21. The van der Waals surface area contributed by atoms with Gasteiger partial charge in [0, 0.05) is 37.3 Å². The van der Waals surface area contributed by atoms with Gasteiger partial charge in [-0.25, -0.2) is 9.97 Å². The topological polar surface area (TPSA) is 120 Å². The Labute approximate surface area is 218 Å². The molecule has 3 heterocycles. The number of rotatable bonds is 7. The smallest absolute Gasteiger partial charge is 0.219 e. The first-order valence-corrected chi connectivity index (χ1v) is 12.4. The second-order valence-corrected chi connectivity index (χ2v) is 9.37. The Morgan fingerprint density at radius 3 is 2.68 bits per heavy atom. The molecular formula is C27H26ClN5O4. The Kier molecular flexibility index (Phi) is 7.07. The molecule has 2 aromatic heterocycles. The van der Waals surface area contributed by atoms with Crippen LogP contribution in [0.4, 0.5) is 5.82 Å². The van der Waals surface area contributed by atoms with E-state index in [0.29, 0.717) is 52.4 Å². The van der Waals surface area contributed by atoms with Gasteiger partial charge in [0.15, 0.2) is 5.78 Å². The zero-order chi connectivity index (χ0) is 25.9. The molecule has 0 bridgehead atoms. The highest BCUT2D eigenvalue weighted by Crippen LogP contribution is 2.32. The van der Waals surface area contributed by atoms with Crippen LogP contribution in [0.3, 0.4) is 0 Å². The van der Waals surface area contributed by atoms with Crippen molar-refractivity contribution in [2.45, 2.75) is 31.8 Å². The van der Waals surface area contributed by atoms with Crippen LogP contribution < -0.4 is 10.1 Å². The fraction of sp³-hybridized carbons (Fsp3) is 0.259. The summed E-state index contributed by atoms with van der Waals surface area (Å²) in [7, 11) is 0. The van der Waals surface area contributed by atoms with Crippen LogP contribution in [0.5, 0.6) is 11.5 Å². The number of anilines is 1. The number of amides is 1. The van der Waals surface area contributed by atoms with Crippen molar-refractivity contribution in [3.8, 4) is 11.5 Å². The first-order valence-electron chi connectivity index (χ1n) is 12.0. The largest absolute Gasteiger partial charge is 0.457 e. The summed E-state index contributed by atoms with van der Waals surface area (Å²) in [6, 6.07) is 14.0. The molecule has 0 spiro atoms. The molecule has 1 aliphatic rings. The molecule has 37 heavy (non-hydrogen) atoms. The summed E-state index contributed by atoms with van der Waals surface area (Å²) in [5, 5.41) is 13.8. The number of para-hydroxylation sites is 1. The normalized spacial score (nSPS) is 17.5. The Balaban J connectivity index is 1.41. The lowest BCUT2D eigenvalue weighted by Gasteiger charge is -2.38. The van der Waals surface area contributed by atoms with E-state index in [1.54, 1.807) is 29.3 Å². The highest BCUT2D eigenvalue weighted by molar-refractivity contribution is 6.35. The number of aromatic nitrogens is 3. The summed E-state index contributed by atoms with van der Waals surface area (Å²) < 4.78 is 5.82. The molecule has 2 aromatic carbocycles. The predicted octanol–water partition coefficient (Wildman–Crippen LogP) is 4.42. The van der Waals surface area contributed by atoms with Gasteiger partial charge < -0.3 is 25.0 Å². The van der Waals surface area contributed by atoms with Gasteiger partial charge in [0.2, 0.25) is 5.91 Å². The second-order valence-electron chi connectivity index (χ2n) is 8.96. The van der Waals surface area contributed by atoms with Crippen molar-refractivity contribution in [2.24, 2.45) is 0 Å². The summed E-state index contributed by atoms with van der Waals surface area (Å²) in [5.74, 6) is 1.30. The monoisotopic (exact) mass is 519 g/mol. The molecule has 4 aromatic rings. The van der Waals surface area contributed by atoms with Crippen molar-refractivity contribution in [2.75, 3.05) is 18.5 Å². The Bertz CT molecular complexity index is 1440. The number of aliphatic hydroxyl groups is 1. The number of benzene rings is 2. The minimum absolute atomic E-state index is 0.0730. The van der Waals surface area contributed by atoms with E-state index in [2.05, 4.69) is 20.3 Å². The lowest BCUT2D eigenvalue weighted by atomic mass is 9.98. The third-order valence-corrected chi connectivity index (χ3v) is 6.85. The third-order valence-electron chi connectivity index (χ3n) is 6.54. The van der Waals surface area contributed by atoms with Crippen LogP contribution in [0, 0.1) is 0 Å². The number of hydrogen-bond donors (Lipinski definition) is 3. The fourth-order valence-electron chi connectivity index (χ4n) is 4.68. The fourth-order valence-corrected chi connectivity index (χ4v) is 4.93. The molecule has 5 rings (SSSR count). The molecule has 0 radical (unpaired) electrons. The number of H-pyrrole nitrogens is 1. The molecule has 1 fully saturated rings. The molecule has 2 atom stereocenters. The van der Waals surface area contributed by atoms with Gasteiger partial charge in [-0.3, -0.25) is 9.59 Å². The number of nitrogens with one attached hydrogen (secondary N) is 2. The van der Waals surface area contributed by atoms with Crippen LogP contribution in [0.15, 0.2) is 61.1 Å². The molecule has 1 amide bonds. The van der Waals surface area contributed by atoms with Crippen molar-refractivity contribution in [3.05, 3.63) is 77.2 Å². The van der Waals surface area contributed by atoms with E-state index in [9.17, 15) is 14.7 Å². The summed E-state index contributed by atoms with van der Waals surface area (Å²) in [6.45, 7) is 1.85. The van der Waals surface area contributed by atoms with Gasteiger partial charge in [-0.2, -0.15) is 0 Å². The minimum atomic E-state index is -0.283. The molecule has 0 aliphatic carbocycles. The zero-order valence-electron chi connectivity index (χ0n) is 20.1. The van der Waals surface area contributed by atoms with Crippen LogP contribution in [0.1, 0.15) is 35.7 Å². The van der Waals surface area contributed by atoms with Gasteiger partial charge in [0.05, 0.1) is 28.6 Å². The highest BCUT2D eigenvalue weighted by Gasteiger charge is 2.30. The lowest BCUT2D eigenvalue weighted by Crippen LogP contribution is -2.51. The predicted molar refractivity (Wildman–Crippen MR) is 140 cm³/mol. The summed E-state index contributed by atoms with van der Waals surface area (Å²) in [4.78, 5) is 39.0. The molecule has 1 saturated heterocycles. The average Bonchev–Trinajstić information content (AvgIpc) is 3.34. The number of hydrogen-bond acceptors (Lipinski definition) is 7. The number of carbonyl (C=O) groups excluding carboxylic acids is 2. The minimum Gasteiger partial charge on any atom is -0.457 e. The number of aliphatic hydroxyl groups excluding tert-OH is 1. The van der Waals surface area contributed by atoms with Crippen LogP contribution in [0.2, 0.25) is 5.02 Å². The van der Waals surface area contributed by atoms with Crippen molar-refractivity contribution in [1.29, 1.82) is 0 Å². The zero-order valence-corrected chi connectivity index (χ0v) is 20.9. The molecule has 9 nitrogen and oxygen atoms in total. The van der Waals surface area contributed by atoms with E-state index < -0.39 is 0 Å². The molecular weight excluding hydrogens is 494 g/mol. The van der Waals surface area contributed by atoms with Gasteiger partial charge in [0.25, 0.3) is 0 Å². The van der Waals surface area contributed by atoms with Crippen LogP contribution in [-0.2, 0) is 4.79 Å². The van der Waals surface area contributed by atoms with E-state index in [1.807, 2.05) is 30.3 Å². The maximum atomic E-state index is 13.6. The van der Waals surface area contributed by atoms with E-state index in [1.165, 1.54) is 13.3 Å². The van der Waals surface area contributed by atoms with Gasteiger partial charge in [0.1, 0.15) is 29.3 Å². The van der Waals surface area contributed by atoms with Crippen LogP contribution >= 0.6 is 11.6 Å². The van der Waals surface area contributed by atoms with E-state index in [4.69, 9.17) is 16.3 Å². The number of fused-ring (bicyclic) bond motifs is 1. The van der Waals surface area contributed by atoms with Crippen molar-refractivity contribution < 1.29 is 19.4 Å². The third kappa shape index (κ3) is 5.14. The second kappa shape index (κ2) is 10.6. The Hall–Kier alpha value is -3.95. The maximum absolute atomic E-state index is 13.6. The standard InChI is InChI=1S/C27H26ClN5O4/c1-16(35)33-13-17(7-8-18(33)14-34)32-27-24-22(12-29-26(24)30-15-31-27)25(36)21-10-9-20(11-23(21)28)37-19-5-3-2-4-6-19/h2-6,9-12,15,17-18,34H,7-8,13-14H2,1H3,(H2,29,30,31,32). The number of aromatic amines is 1. The number of carbonyl (C=O) groups is 2. The van der Waals surface area contributed by atoms with Gasteiger partial charge >= 0.3 is 0 Å². The van der Waals surface area contributed by atoms with Crippen molar-refractivity contribution in [1.82, 2.24) is 19.9 Å². The molecule has 190 valence electrons. The van der Waals surface area contributed by atoms with Crippen molar-refractivity contribution >= 4 is 40.1 Å². The highest BCUT2D eigenvalue weighted by atomic mass is 35.5. The molecule has 2 unspecified atom stereocenters. The van der Waals surface area contributed by atoms with E-state index >= 15 is 0 Å². The molecule has 1 aliphatic heterocycles. The van der Waals surface area contributed by atoms with Crippen LogP contribution in [0.25, 0.3) is 11.0 Å². The first kappa shape index (κ1) is 24.7. The Morgan fingerprint density at radius 2 is 1.95 bits per heavy atom. The van der Waals surface area contributed by atoms with Gasteiger partial charge in [-0.05, 0) is 37.1 Å². The maximum Gasteiger partial charge on any atom is 0.219 e. The van der Waals surface area contributed by atoms with Crippen molar-refractivity contribution in [3.63, 3.8) is 0 Å². The number of nitrogens with zero attached hydrogens (tertiary/aromatic N) is 3. The molecule has 0 saturated carbocycles. The first-order chi connectivity index (χ1) is 17.9. The summed E-state index contributed by atoms with van der Waals surface area (Å²) >= 11 is 6.51. The number of likely N-dealkylation sites (tertiary alicyclic amines) is 1. The quantitative estimate of drug-likeness (QED) is 0.309. The van der Waals surface area contributed by atoms with Crippen LogP contribution in [-0.4, -0.2) is 61.9 Å². The number of ketones is 1. The Morgan fingerprint density at radius 1 is 1.14 bits per heavy atom. The number of piperidine rings is 1. The average molecular weight is 520 g/mol. The summed E-state index contributed by atoms with van der Waals surface area (Å²) in [6.07, 6.45) is 4.42. The number of halogens is 1. The lowest BCUT2D eigenvalue weighted by molar-refractivity contribution is -0.133. The molecule has 3 N–H and O–H groups in total. The van der Waals surface area contributed by atoms with Gasteiger partial charge in [-0.15, -0.1) is 0 Å². The SMILES string of the molecule is CC(=O)N1CC(Nc2ncnc3[nH]cc(C(=O)c4ccc(Oc5ccccc5)cc4Cl)c23)CCC1CO. The molecule has 10 heteroatoms.